The molecule has 1 amide bonds. The minimum Gasteiger partial charge on any atom is -0.482 e. The molecule has 1 fully saturated rings. The number of rotatable bonds is 5. The van der Waals surface area contributed by atoms with Crippen molar-refractivity contribution in [3.63, 3.8) is 0 Å². The Morgan fingerprint density at radius 2 is 2.17 bits per heavy atom. The van der Waals surface area contributed by atoms with Gasteiger partial charge in [-0.2, -0.15) is 0 Å². The molecule has 1 saturated carbocycles. The summed E-state index contributed by atoms with van der Waals surface area (Å²) in [6, 6.07) is 6.98. The number of para-hydroxylation sites is 1. The SMILES string of the molecule is O=C(COc1ccccc1Cl)NCC1(O)CCC1. The molecule has 0 heterocycles. The van der Waals surface area contributed by atoms with E-state index in [1.165, 1.54) is 0 Å². The highest BCUT2D eigenvalue weighted by atomic mass is 35.5. The van der Waals surface area contributed by atoms with Crippen LogP contribution < -0.4 is 10.1 Å². The lowest BCUT2D eigenvalue weighted by molar-refractivity contribution is -0.125. The van der Waals surface area contributed by atoms with Crippen LogP contribution in [0.1, 0.15) is 19.3 Å². The van der Waals surface area contributed by atoms with Crippen molar-refractivity contribution in [3.05, 3.63) is 29.3 Å². The zero-order chi connectivity index (χ0) is 13.0. The second-order valence-corrected chi connectivity index (χ2v) is 4.98. The normalized spacial score (nSPS) is 16.8. The van der Waals surface area contributed by atoms with E-state index in [0.717, 1.165) is 19.3 Å². The molecule has 1 aliphatic rings. The molecule has 1 aromatic rings. The molecular formula is C13H16ClNO3. The number of aliphatic hydroxyl groups is 1. The lowest BCUT2D eigenvalue weighted by Gasteiger charge is -2.36. The van der Waals surface area contributed by atoms with Gasteiger partial charge in [-0.15, -0.1) is 0 Å². The molecule has 0 aliphatic heterocycles. The van der Waals surface area contributed by atoms with Crippen molar-refractivity contribution >= 4 is 17.5 Å². The molecule has 18 heavy (non-hydrogen) atoms. The van der Waals surface area contributed by atoms with Crippen LogP contribution in [0.2, 0.25) is 5.02 Å². The van der Waals surface area contributed by atoms with E-state index in [9.17, 15) is 9.90 Å². The number of hydrogen-bond acceptors (Lipinski definition) is 3. The van der Waals surface area contributed by atoms with Crippen LogP contribution in [0.3, 0.4) is 0 Å². The van der Waals surface area contributed by atoms with Gasteiger partial charge in [-0.25, -0.2) is 0 Å². The van der Waals surface area contributed by atoms with Gasteiger partial charge in [0.15, 0.2) is 6.61 Å². The summed E-state index contributed by atoms with van der Waals surface area (Å²) in [6.45, 7) is 0.192. The highest BCUT2D eigenvalue weighted by molar-refractivity contribution is 6.32. The number of hydrogen-bond donors (Lipinski definition) is 2. The first kappa shape index (κ1) is 13.2. The second-order valence-electron chi connectivity index (χ2n) is 4.57. The van der Waals surface area contributed by atoms with E-state index >= 15 is 0 Å². The van der Waals surface area contributed by atoms with Gasteiger partial charge in [-0.1, -0.05) is 23.7 Å². The summed E-state index contributed by atoms with van der Waals surface area (Å²) in [6.07, 6.45) is 2.51. The molecule has 0 saturated heterocycles. The molecule has 4 nitrogen and oxygen atoms in total. The zero-order valence-corrected chi connectivity index (χ0v) is 10.7. The number of nitrogens with one attached hydrogen (secondary N) is 1. The number of carbonyl (C=O) groups is 1. The van der Waals surface area contributed by atoms with E-state index in [0.29, 0.717) is 10.8 Å². The Morgan fingerprint density at radius 1 is 1.44 bits per heavy atom. The van der Waals surface area contributed by atoms with Crippen LogP contribution in [-0.4, -0.2) is 29.8 Å². The van der Waals surface area contributed by atoms with Crippen molar-refractivity contribution in [1.29, 1.82) is 0 Å². The third kappa shape index (κ3) is 3.37. The smallest absolute Gasteiger partial charge is 0.258 e. The van der Waals surface area contributed by atoms with Gasteiger partial charge < -0.3 is 15.2 Å². The average Bonchev–Trinajstić information content (AvgIpc) is 2.33. The summed E-state index contributed by atoms with van der Waals surface area (Å²) in [5.41, 5.74) is -0.708. The fourth-order valence-corrected chi connectivity index (χ4v) is 1.97. The maximum Gasteiger partial charge on any atom is 0.258 e. The lowest BCUT2D eigenvalue weighted by Crippen LogP contribution is -2.48. The van der Waals surface area contributed by atoms with Gasteiger partial charge >= 0.3 is 0 Å². The van der Waals surface area contributed by atoms with Gasteiger partial charge in [0.1, 0.15) is 5.75 Å². The first-order chi connectivity index (χ1) is 8.59. The predicted molar refractivity (Wildman–Crippen MR) is 68.8 cm³/mol. The van der Waals surface area contributed by atoms with E-state index in [1.807, 2.05) is 0 Å². The predicted octanol–water partition coefficient (Wildman–Crippen LogP) is 1.75. The van der Waals surface area contributed by atoms with Gasteiger partial charge in [0.2, 0.25) is 0 Å². The molecule has 1 aliphatic carbocycles. The monoisotopic (exact) mass is 269 g/mol. The first-order valence-electron chi connectivity index (χ1n) is 5.95. The summed E-state index contributed by atoms with van der Waals surface area (Å²) < 4.78 is 5.29. The second kappa shape index (κ2) is 5.59. The van der Waals surface area contributed by atoms with Gasteiger partial charge in [0.05, 0.1) is 10.6 Å². The van der Waals surface area contributed by atoms with Crippen molar-refractivity contribution in [2.75, 3.05) is 13.2 Å². The van der Waals surface area contributed by atoms with E-state index in [4.69, 9.17) is 16.3 Å². The Hall–Kier alpha value is -1.26. The maximum atomic E-state index is 11.5. The number of ether oxygens (including phenoxy) is 1. The number of carbonyl (C=O) groups excluding carboxylic acids is 1. The van der Waals surface area contributed by atoms with Crippen LogP contribution >= 0.6 is 11.6 Å². The summed E-state index contributed by atoms with van der Waals surface area (Å²) in [4.78, 5) is 11.5. The molecule has 5 heteroatoms. The van der Waals surface area contributed by atoms with E-state index in [2.05, 4.69) is 5.32 Å². The van der Waals surface area contributed by atoms with Gasteiger partial charge in [0, 0.05) is 6.54 Å². The molecule has 0 aromatic heterocycles. The summed E-state index contributed by atoms with van der Waals surface area (Å²) in [5.74, 6) is 0.229. The van der Waals surface area contributed by atoms with E-state index < -0.39 is 5.60 Å². The van der Waals surface area contributed by atoms with Crippen LogP contribution in [0, 0.1) is 0 Å². The van der Waals surface area contributed by atoms with Crippen molar-refractivity contribution < 1.29 is 14.6 Å². The number of halogens is 1. The number of benzene rings is 1. The summed E-state index contributed by atoms with van der Waals surface area (Å²) in [5, 5.41) is 12.9. The topological polar surface area (TPSA) is 58.6 Å². The molecule has 0 bridgehead atoms. The lowest BCUT2D eigenvalue weighted by atomic mass is 9.80. The highest BCUT2D eigenvalue weighted by Gasteiger charge is 2.34. The number of amides is 1. The van der Waals surface area contributed by atoms with Crippen molar-refractivity contribution in [2.45, 2.75) is 24.9 Å². The largest absolute Gasteiger partial charge is 0.482 e. The van der Waals surface area contributed by atoms with Crippen LogP contribution in [0.5, 0.6) is 5.75 Å². The Labute approximate surface area is 111 Å². The van der Waals surface area contributed by atoms with Crippen molar-refractivity contribution in [1.82, 2.24) is 5.32 Å². The van der Waals surface area contributed by atoms with Gasteiger partial charge in [0.25, 0.3) is 5.91 Å². The fourth-order valence-electron chi connectivity index (χ4n) is 1.78. The molecule has 1 aromatic carbocycles. The van der Waals surface area contributed by atoms with E-state index in [1.54, 1.807) is 24.3 Å². The third-order valence-electron chi connectivity index (χ3n) is 3.09. The standard InChI is InChI=1S/C13H16ClNO3/c14-10-4-1-2-5-11(10)18-8-12(16)15-9-13(17)6-3-7-13/h1-2,4-5,17H,3,6-9H2,(H,15,16). The molecule has 0 atom stereocenters. The van der Waals surface area contributed by atoms with Gasteiger partial charge in [-0.05, 0) is 31.4 Å². The summed E-state index contributed by atoms with van der Waals surface area (Å²) in [7, 11) is 0. The quantitative estimate of drug-likeness (QED) is 0.856. The average molecular weight is 270 g/mol. The molecule has 0 spiro atoms. The third-order valence-corrected chi connectivity index (χ3v) is 3.41. The molecular weight excluding hydrogens is 254 g/mol. The Balaban J connectivity index is 1.73. The maximum absolute atomic E-state index is 11.5. The minimum atomic E-state index is -0.708. The molecule has 2 N–H and O–H groups in total. The Bertz CT molecular complexity index is 432. The van der Waals surface area contributed by atoms with Crippen LogP contribution in [-0.2, 0) is 4.79 Å². The molecule has 2 rings (SSSR count). The zero-order valence-electron chi connectivity index (χ0n) is 9.99. The van der Waals surface area contributed by atoms with Crippen LogP contribution in [0.25, 0.3) is 0 Å². The van der Waals surface area contributed by atoms with E-state index in [-0.39, 0.29) is 19.1 Å². The Kier molecular flexibility index (Phi) is 4.09. The van der Waals surface area contributed by atoms with Gasteiger partial charge in [-0.3, -0.25) is 4.79 Å². The van der Waals surface area contributed by atoms with Crippen molar-refractivity contribution in [3.8, 4) is 5.75 Å². The summed E-state index contributed by atoms with van der Waals surface area (Å²) >= 11 is 5.89. The molecule has 98 valence electrons. The fraction of sp³-hybridized carbons (Fsp3) is 0.462. The first-order valence-corrected chi connectivity index (χ1v) is 6.33. The van der Waals surface area contributed by atoms with Crippen LogP contribution in [0.15, 0.2) is 24.3 Å². The highest BCUT2D eigenvalue weighted by Crippen LogP contribution is 2.30. The Morgan fingerprint density at radius 3 is 2.78 bits per heavy atom. The van der Waals surface area contributed by atoms with Crippen molar-refractivity contribution in [2.24, 2.45) is 0 Å². The van der Waals surface area contributed by atoms with Crippen LogP contribution in [0.4, 0.5) is 0 Å². The molecule has 0 radical (unpaired) electrons. The molecule has 0 unspecified atom stereocenters. The minimum absolute atomic E-state index is 0.0974.